The smallest absolute Gasteiger partial charge is 0.330 e. The molecule has 0 spiro atoms. The van der Waals surface area contributed by atoms with E-state index in [1.807, 2.05) is 36.5 Å². The quantitative estimate of drug-likeness (QED) is 0.346. The molecule has 0 bridgehead atoms. The van der Waals surface area contributed by atoms with Crippen molar-refractivity contribution in [2.75, 3.05) is 13.2 Å². The van der Waals surface area contributed by atoms with Crippen LogP contribution in [0.3, 0.4) is 0 Å². The highest BCUT2D eigenvalue weighted by atomic mass is 19.1. The van der Waals surface area contributed by atoms with E-state index < -0.39 is 11.8 Å². The molecule has 1 aromatic heterocycles. The molecular formula is C21H19FN2O3. The molecule has 0 saturated carbocycles. The molecule has 5 nitrogen and oxygen atoms in total. The molecule has 0 radical (unpaired) electrons. The maximum Gasteiger partial charge on any atom is 0.330 e. The third-order valence-electron chi connectivity index (χ3n) is 3.67. The number of halogens is 1. The second-order valence-electron chi connectivity index (χ2n) is 5.74. The lowest BCUT2D eigenvalue weighted by Crippen LogP contribution is -2.10. The highest BCUT2D eigenvalue weighted by Crippen LogP contribution is 2.14. The molecular weight excluding hydrogens is 347 g/mol. The summed E-state index contributed by atoms with van der Waals surface area (Å²) in [5.74, 6) is -0.811. The molecule has 1 heterocycles. The summed E-state index contributed by atoms with van der Waals surface area (Å²) in [5.41, 5.74) is 1.94. The van der Waals surface area contributed by atoms with E-state index in [-0.39, 0.29) is 19.0 Å². The summed E-state index contributed by atoms with van der Waals surface area (Å²) in [4.78, 5) is 11.7. The molecule has 0 aliphatic rings. The minimum Gasteiger partial charge on any atom is -0.487 e. The normalized spacial score (nSPS) is 10.9. The van der Waals surface area contributed by atoms with Crippen LogP contribution < -0.4 is 4.74 Å². The molecule has 0 fully saturated rings. The number of para-hydroxylation sites is 1. The first kappa shape index (κ1) is 18.4. The summed E-state index contributed by atoms with van der Waals surface area (Å²) in [5, 5.41) is 4.26. The number of nitrogens with zero attached hydrogens (tertiary/aromatic N) is 2. The van der Waals surface area contributed by atoms with Crippen LogP contribution in [0.2, 0.25) is 0 Å². The van der Waals surface area contributed by atoms with Gasteiger partial charge in [0.2, 0.25) is 0 Å². The SMILES string of the molecule is O=C(/C=C/c1cnn(Cc2ccccc2)c1)OCCOc1ccccc1F. The fourth-order valence-electron chi connectivity index (χ4n) is 2.39. The fourth-order valence-corrected chi connectivity index (χ4v) is 2.39. The van der Waals surface area contributed by atoms with Gasteiger partial charge in [0, 0.05) is 17.8 Å². The third kappa shape index (κ3) is 5.81. The van der Waals surface area contributed by atoms with Gasteiger partial charge in [0.1, 0.15) is 13.2 Å². The van der Waals surface area contributed by atoms with Crippen molar-refractivity contribution in [1.82, 2.24) is 9.78 Å². The van der Waals surface area contributed by atoms with E-state index in [9.17, 15) is 9.18 Å². The van der Waals surface area contributed by atoms with Gasteiger partial charge in [0.25, 0.3) is 0 Å². The lowest BCUT2D eigenvalue weighted by molar-refractivity contribution is -0.138. The average Bonchev–Trinajstić information content (AvgIpc) is 3.13. The highest BCUT2D eigenvalue weighted by Gasteiger charge is 2.03. The van der Waals surface area contributed by atoms with Crippen LogP contribution in [-0.4, -0.2) is 29.0 Å². The number of benzene rings is 2. The van der Waals surface area contributed by atoms with Crippen molar-refractivity contribution in [2.24, 2.45) is 0 Å². The molecule has 6 heteroatoms. The van der Waals surface area contributed by atoms with Crippen LogP contribution >= 0.6 is 0 Å². The van der Waals surface area contributed by atoms with Crippen molar-refractivity contribution < 1.29 is 18.7 Å². The van der Waals surface area contributed by atoms with Gasteiger partial charge in [-0.1, -0.05) is 42.5 Å². The van der Waals surface area contributed by atoms with Gasteiger partial charge in [0.15, 0.2) is 11.6 Å². The van der Waals surface area contributed by atoms with Crippen molar-refractivity contribution in [3.8, 4) is 5.75 Å². The molecule has 2 aromatic carbocycles. The predicted molar refractivity (Wildman–Crippen MR) is 99.7 cm³/mol. The summed E-state index contributed by atoms with van der Waals surface area (Å²) < 4.78 is 25.4. The molecule has 138 valence electrons. The molecule has 0 aliphatic carbocycles. The number of carbonyl (C=O) groups is 1. The molecule has 0 atom stereocenters. The van der Waals surface area contributed by atoms with Crippen molar-refractivity contribution in [1.29, 1.82) is 0 Å². The van der Waals surface area contributed by atoms with Gasteiger partial charge in [0.05, 0.1) is 12.7 Å². The van der Waals surface area contributed by atoms with Crippen LogP contribution in [0.15, 0.2) is 73.1 Å². The Morgan fingerprint density at radius 3 is 2.67 bits per heavy atom. The second-order valence-corrected chi connectivity index (χ2v) is 5.74. The number of esters is 1. The van der Waals surface area contributed by atoms with Crippen LogP contribution in [-0.2, 0) is 16.1 Å². The van der Waals surface area contributed by atoms with Crippen LogP contribution in [0.4, 0.5) is 4.39 Å². The largest absolute Gasteiger partial charge is 0.487 e. The maximum absolute atomic E-state index is 13.4. The fraction of sp³-hybridized carbons (Fsp3) is 0.143. The Hall–Kier alpha value is -3.41. The van der Waals surface area contributed by atoms with E-state index in [2.05, 4.69) is 5.10 Å². The van der Waals surface area contributed by atoms with E-state index in [1.165, 1.54) is 18.2 Å². The van der Waals surface area contributed by atoms with Gasteiger partial charge in [-0.2, -0.15) is 5.10 Å². The van der Waals surface area contributed by atoms with Gasteiger partial charge in [-0.05, 0) is 23.8 Å². The summed E-state index contributed by atoms with van der Waals surface area (Å²) in [6.45, 7) is 0.771. The lowest BCUT2D eigenvalue weighted by atomic mass is 10.2. The maximum atomic E-state index is 13.4. The first-order valence-corrected chi connectivity index (χ1v) is 8.49. The Morgan fingerprint density at radius 1 is 1.07 bits per heavy atom. The second kappa shape index (κ2) is 9.33. The Balaban J connectivity index is 1.41. The van der Waals surface area contributed by atoms with E-state index in [0.717, 1.165) is 11.1 Å². The Labute approximate surface area is 156 Å². The van der Waals surface area contributed by atoms with E-state index in [1.54, 1.807) is 29.1 Å². The van der Waals surface area contributed by atoms with Gasteiger partial charge in [-0.3, -0.25) is 4.68 Å². The molecule has 0 amide bonds. The van der Waals surface area contributed by atoms with Gasteiger partial charge < -0.3 is 9.47 Å². The third-order valence-corrected chi connectivity index (χ3v) is 3.67. The number of ether oxygens (including phenoxy) is 2. The summed E-state index contributed by atoms with van der Waals surface area (Å²) in [6, 6.07) is 16.0. The molecule has 0 saturated heterocycles. The zero-order valence-electron chi connectivity index (χ0n) is 14.6. The Morgan fingerprint density at radius 2 is 1.85 bits per heavy atom. The molecule has 3 rings (SSSR count). The minimum absolute atomic E-state index is 0.0325. The summed E-state index contributed by atoms with van der Waals surface area (Å²) in [7, 11) is 0. The predicted octanol–water partition coefficient (Wildman–Crippen LogP) is 3.71. The molecule has 0 unspecified atom stereocenters. The zero-order chi connectivity index (χ0) is 18.9. The zero-order valence-corrected chi connectivity index (χ0v) is 14.6. The lowest BCUT2D eigenvalue weighted by Gasteiger charge is -2.06. The summed E-state index contributed by atoms with van der Waals surface area (Å²) >= 11 is 0. The van der Waals surface area contributed by atoms with Crippen LogP contribution in [0.5, 0.6) is 5.75 Å². The van der Waals surface area contributed by atoms with E-state index in [4.69, 9.17) is 9.47 Å². The van der Waals surface area contributed by atoms with E-state index >= 15 is 0 Å². The molecule has 3 aromatic rings. The van der Waals surface area contributed by atoms with Crippen molar-refractivity contribution in [3.05, 3.63) is 90.0 Å². The Kier molecular flexibility index (Phi) is 6.35. The van der Waals surface area contributed by atoms with Crippen LogP contribution in [0.25, 0.3) is 6.08 Å². The van der Waals surface area contributed by atoms with Crippen LogP contribution in [0.1, 0.15) is 11.1 Å². The average molecular weight is 366 g/mol. The number of carbonyl (C=O) groups excluding carboxylic acids is 1. The first-order chi connectivity index (χ1) is 13.2. The van der Waals surface area contributed by atoms with Gasteiger partial charge in [-0.15, -0.1) is 0 Å². The monoisotopic (exact) mass is 366 g/mol. The van der Waals surface area contributed by atoms with E-state index in [0.29, 0.717) is 6.54 Å². The number of hydrogen-bond donors (Lipinski definition) is 0. The van der Waals surface area contributed by atoms with Crippen molar-refractivity contribution in [2.45, 2.75) is 6.54 Å². The van der Waals surface area contributed by atoms with Crippen molar-refractivity contribution >= 4 is 12.0 Å². The molecule has 0 aliphatic heterocycles. The highest BCUT2D eigenvalue weighted by molar-refractivity contribution is 5.86. The first-order valence-electron chi connectivity index (χ1n) is 8.49. The summed E-state index contributed by atoms with van der Waals surface area (Å²) in [6.07, 6.45) is 6.48. The standard InChI is InChI=1S/C21H19FN2O3/c22-19-8-4-5-9-20(19)26-12-13-27-21(25)11-10-18-14-23-24(16-18)15-17-6-2-1-3-7-17/h1-11,14,16H,12-13,15H2/b11-10+. The van der Waals surface area contributed by atoms with Gasteiger partial charge in [-0.25, -0.2) is 9.18 Å². The number of rotatable bonds is 8. The van der Waals surface area contributed by atoms with Crippen LogP contribution in [0, 0.1) is 5.82 Å². The number of aromatic nitrogens is 2. The molecule has 0 N–H and O–H groups in total. The van der Waals surface area contributed by atoms with Crippen molar-refractivity contribution in [3.63, 3.8) is 0 Å². The topological polar surface area (TPSA) is 53.4 Å². The Bertz CT molecular complexity index is 907. The molecule has 27 heavy (non-hydrogen) atoms. The number of hydrogen-bond acceptors (Lipinski definition) is 4. The van der Waals surface area contributed by atoms with Gasteiger partial charge >= 0.3 is 5.97 Å². The minimum atomic E-state index is -0.497.